The van der Waals surface area contributed by atoms with Crippen molar-refractivity contribution in [3.8, 4) is 0 Å². The number of benzene rings is 2. The van der Waals surface area contributed by atoms with Crippen molar-refractivity contribution in [3.63, 3.8) is 0 Å². The number of amides is 1. The third kappa shape index (κ3) is 4.92. The average molecular weight is 409 g/mol. The zero-order valence-electron chi connectivity index (χ0n) is 15.8. The van der Waals surface area contributed by atoms with E-state index in [1.165, 1.54) is 12.1 Å². The summed E-state index contributed by atoms with van der Waals surface area (Å²) in [6, 6.07) is 15.9. The standard InChI is InChI=1S/C22H21FN4OS/c23-17-8-10-18(11-9-17)26-21(28)16-5-4-14-27(15-16)20-22(25-13-12-24-20)29-19-6-2-1-3-7-19/h1-3,6-13,16H,4-5,14-15H2,(H,26,28)/t16-/m1/s1. The van der Waals surface area contributed by atoms with Crippen LogP contribution < -0.4 is 10.2 Å². The molecule has 0 spiro atoms. The molecule has 2 aromatic carbocycles. The molecule has 5 nitrogen and oxygen atoms in total. The first kappa shape index (κ1) is 19.4. The summed E-state index contributed by atoms with van der Waals surface area (Å²) in [5.74, 6) is 0.270. The largest absolute Gasteiger partial charge is 0.354 e. The second-order valence-corrected chi connectivity index (χ2v) is 7.94. The van der Waals surface area contributed by atoms with Gasteiger partial charge in [0.1, 0.15) is 10.8 Å². The van der Waals surface area contributed by atoms with Gasteiger partial charge in [-0.25, -0.2) is 14.4 Å². The fourth-order valence-electron chi connectivity index (χ4n) is 3.37. The maximum atomic E-state index is 13.1. The summed E-state index contributed by atoms with van der Waals surface area (Å²) in [5, 5.41) is 3.72. The number of carbonyl (C=O) groups is 1. The Labute approximate surface area is 173 Å². The van der Waals surface area contributed by atoms with Crippen molar-refractivity contribution in [1.82, 2.24) is 9.97 Å². The second-order valence-electron chi connectivity index (χ2n) is 6.88. The molecule has 148 valence electrons. The molecule has 1 aliphatic rings. The lowest BCUT2D eigenvalue weighted by Gasteiger charge is -2.33. The predicted molar refractivity (Wildman–Crippen MR) is 113 cm³/mol. The van der Waals surface area contributed by atoms with Crippen LogP contribution in [0.5, 0.6) is 0 Å². The number of nitrogens with zero attached hydrogens (tertiary/aromatic N) is 3. The van der Waals surface area contributed by atoms with E-state index in [0.717, 1.165) is 35.1 Å². The number of halogens is 1. The molecular formula is C22H21FN4OS. The molecule has 7 heteroatoms. The molecule has 0 saturated carbocycles. The van der Waals surface area contributed by atoms with Gasteiger partial charge >= 0.3 is 0 Å². The molecule has 1 aliphatic heterocycles. The third-order valence-electron chi connectivity index (χ3n) is 4.81. The Morgan fingerprint density at radius 3 is 2.62 bits per heavy atom. The normalized spacial score (nSPS) is 16.4. The maximum absolute atomic E-state index is 13.1. The number of hydrogen-bond donors (Lipinski definition) is 1. The van der Waals surface area contributed by atoms with Gasteiger partial charge in [-0.15, -0.1) is 0 Å². The highest BCUT2D eigenvalue weighted by atomic mass is 32.2. The van der Waals surface area contributed by atoms with Gasteiger partial charge in [0.05, 0.1) is 5.92 Å². The van der Waals surface area contributed by atoms with Crippen molar-refractivity contribution in [3.05, 3.63) is 72.8 Å². The summed E-state index contributed by atoms with van der Waals surface area (Å²) in [4.78, 5) is 25.0. The molecule has 0 unspecified atom stereocenters. The number of nitrogens with one attached hydrogen (secondary N) is 1. The quantitative estimate of drug-likeness (QED) is 0.667. The summed E-state index contributed by atoms with van der Waals surface area (Å²) < 4.78 is 13.1. The van der Waals surface area contributed by atoms with Crippen molar-refractivity contribution in [1.29, 1.82) is 0 Å². The van der Waals surface area contributed by atoms with Crippen LogP contribution in [0.15, 0.2) is 76.9 Å². The van der Waals surface area contributed by atoms with Gasteiger partial charge in [0.2, 0.25) is 5.91 Å². The minimum absolute atomic E-state index is 0.0533. The van der Waals surface area contributed by atoms with E-state index in [4.69, 9.17) is 0 Å². The van der Waals surface area contributed by atoms with Crippen LogP contribution in [-0.4, -0.2) is 29.0 Å². The first-order valence-electron chi connectivity index (χ1n) is 9.54. The number of rotatable bonds is 5. The summed E-state index contributed by atoms with van der Waals surface area (Å²) in [5.41, 5.74) is 0.605. The SMILES string of the molecule is O=C(Nc1ccc(F)cc1)[C@@H]1CCCN(c2nccnc2Sc2ccccc2)C1. The van der Waals surface area contributed by atoms with Crippen molar-refractivity contribution in [2.45, 2.75) is 22.8 Å². The topological polar surface area (TPSA) is 58.1 Å². The third-order valence-corrected chi connectivity index (χ3v) is 5.80. The molecule has 1 fully saturated rings. The number of piperidine rings is 1. The lowest BCUT2D eigenvalue weighted by molar-refractivity contribution is -0.120. The lowest BCUT2D eigenvalue weighted by atomic mass is 9.97. The molecule has 1 saturated heterocycles. The maximum Gasteiger partial charge on any atom is 0.229 e. The van der Waals surface area contributed by atoms with Crippen LogP contribution in [0.2, 0.25) is 0 Å². The molecule has 1 N–H and O–H groups in total. The molecule has 0 radical (unpaired) electrons. The summed E-state index contributed by atoms with van der Waals surface area (Å²) in [7, 11) is 0. The van der Waals surface area contributed by atoms with Crippen LogP contribution in [0.25, 0.3) is 0 Å². The van der Waals surface area contributed by atoms with Gasteiger partial charge in [-0.1, -0.05) is 30.0 Å². The van der Waals surface area contributed by atoms with Crippen LogP contribution in [0.1, 0.15) is 12.8 Å². The van der Waals surface area contributed by atoms with Crippen LogP contribution >= 0.6 is 11.8 Å². The van der Waals surface area contributed by atoms with Gasteiger partial charge < -0.3 is 10.2 Å². The van der Waals surface area contributed by atoms with Crippen LogP contribution in [0.3, 0.4) is 0 Å². The monoisotopic (exact) mass is 408 g/mol. The van der Waals surface area contributed by atoms with Crippen molar-refractivity contribution in [2.24, 2.45) is 5.92 Å². The van der Waals surface area contributed by atoms with Gasteiger partial charge in [0.25, 0.3) is 0 Å². The minimum Gasteiger partial charge on any atom is -0.354 e. The summed E-state index contributed by atoms with van der Waals surface area (Å²) in [6.07, 6.45) is 5.09. The van der Waals surface area contributed by atoms with E-state index in [1.54, 1.807) is 36.3 Å². The Morgan fingerprint density at radius 1 is 1.07 bits per heavy atom. The highest BCUT2D eigenvalue weighted by Gasteiger charge is 2.28. The number of aromatic nitrogens is 2. The van der Waals surface area contributed by atoms with E-state index < -0.39 is 0 Å². The number of carbonyl (C=O) groups excluding carboxylic acids is 1. The van der Waals surface area contributed by atoms with E-state index in [9.17, 15) is 9.18 Å². The van der Waals surface area contributed by atoms with Crippen LogP contribution in [0, 0.1) is 11.7 Å². The van der Waals surface area contributed by atoms with Gasteiger partial charge in [0.15, 0.2) is 5.82 Å². The zero-order valence-corrected chi connectivity index (χ0v) is 16.6. The molecular weight excluding hydrogens is 387 g/mol. The van der Waals surface area contributed by atoms with E-state index in [-0.39, 0.29) is 17.6 Å². The van der Waals surface area contributed by atoms with Crippen molar-refractivity contribution >= 4 is 29.2 Å². The Bertz CT molecular complexity index is 968. The molecule has 29 heavy (non-hydrogen) atoms. The molecule has 0 bridgehead atoms. The molecule has 0 aliphatic carbocycles. The van der Waals surface area contributed by atoms with E-state index in [1.807, 2.05) is 30.3 Å². The highest BCUT2D eigenvalue weighted by Crippen LogP contribution is 2.34. The number of anilines is 2. The fourth-order valence-corrected chi connectivity index (χ4v) is 4.27. The van der Waals surface area contributed by atoms with E-state index in [2.05, 4.69) is 20.2 Å². The summed E-state index contributed by atoms with van der Waals surface area (Å²) in [6.45, 7) is 1.41. The van der Waals surface area contributed by atoms with E-state index >= 15 is 0 Å². The summed E-state index contributed by atoms with van der Waals surface area (Å²) >= 11 is 1.57. The Hall–Kier alpha value is -2.93. The van der Waals surface area contributed by atoms with Gasteiger partial charge in [-0.3, -0.25) is 4.79 Å². The fraction of sp³-hybridized carbons (Fsp3) is 0.227. The molecule has 1 amide bonds. The molecule has 1 aromatic heterocycles. The first-order valence-corrected chi connectivity index (χ1v) is 10.4. The first-order chi connectivity index (χ1) is 14.2. The average Bonchev–Trinajstić information content (AvgIpc) is 2.76. The molecule has 4 rings (SSSR count). The van der Waals surface area contributed by atoms with E-state index in [0.29, 0.717) is 12.2 Å². The second kappa shape index (κ2) is 9.05. The molecule has 1 atom stereocenters. The Morgan fingerprint density at radius 2 is 1.83 bits per heavy atom. The van der Waals surface area contributed by atoms with Crippen LogP contribution in [0.4, 0.5) is 15.9 Å². The highest BCUT2D eigenvalue weighted by molar-refractivity contribution is 7.99. The van der Waals surface area contributed by atoms with Gasteiger partial charge in [-0.2, -0.15) is 0 Å². The lowest BCUT2D eigenvalue weighted by Crippen LogP contribution is -2.41. The Balaban J connectivity index is 1.47. The van der Waals surface area contributed by atoms with Crippen molar-refractivity contribution in [2.75, 3.05) is 23.3 Å². The van der Waals surface area contributed by atoms with Crippen molar-refractivity contribution < 1.29 is 9.18 Å². The number of hydrogen-bond acceptors (Lipinski definition) is 5. The molecule has 2 heterocycles. The zero-order chi connectivity index (χ0) is 20.1. The Kier molecular flexibility index (Phi) is 6.05. The van der Waals surface area contributed by atoms with Crippen LogP contribution in [-0.2, 0) is 4.79 Å². The van der Waals surface area contributed by atoms with Gasteiger partial charge in [-0.05, 0) is 49.2 Å². The minimum atomic E-state index is -0.321. The predicted octanol–water partition coefficient (Wildman–Crippen LogP) is 4.62. The van der Waals surface area contributed by atoms with Gasteiger partial charge in [0, 0.05) is 36.1 Å². The smallest absolute Gasteiger partial charge is 0.229 e. The molecule has 3 aromatic rings.